The van der Waals surface area contributed by atoms with Crippen LogP contribution in [0.3, 0.4) is 0 Å². The summed E-state index contributed by atoms with van der Waals surface area (Å²) < 4.78 is 13.6. The summed E-state index contributed by atoms with van der Waals surface area (Å²) in [7, 11) is 1.62. The molecule has 0 unspecified atom stereocenters. The molecule has 8 nitrogen and oxygen atoms in total. The number of nitrogens with zero attached hydrogens (tertiary/aromatic N) is 3. The van der Waals surface area contributed by atoms with Gasteiger partial charge >= 0.3 is 0 Å². The number of carbonyl (C=O) groups excluding carboxylic acids is 2. The number of likely N-dealkylation sites (tertiary alicyclic amines) is 1. The van der Waals surface area contributed by atoms with Gasteiger partial charge in [0.1, 0.15) is 11.4 Å². The minimum atomic E-state index is -0.592. The Labute approximate surface area is 152 Å². The maximum Gasteiger partial charge on any atom is 0.250 e. The van der Waals surface area contributed by atoms with Crippen molar-refractivity contribution < 1.29 is 19.1 Å². The maximum atomic E-state index is 12.8. The second-order valence-electron chi connectivity index (χ2n) is 7.33. The van der Waals surface area contributed by atoms with Gasteiger partial charge in [-0.25, -0.2) is 4.98 Å². The van der Waals surface area contributed by atoms with Gasteiger partial charge in [0.05, 0.1) is 6.54 Å². The summed E-state index contributed by atoms with van der Waals surface area (Å²) in [5.41, 5.74) is -0.592. The van der Waals surface area contributed by atoms with Gasteiger partial charge in [0.2, 0.25) is 5.91 Å². The molecular weight excluding hydrogens is 336 g/mol. The van der Waals surface area contributed by atoms with E-state index in [0.29, 0.717) is 45.7 Å². The van der Waals surface area contributed by atoms with Crippen molar-refractivity contribution in [1.29, 1.82) is 0 Å². The van der Waals surface area contributed by atoms with Crippen LogP contribution in [0.1, 0.15) is 31.5 Å². The van der Waals surface area contributed by atoms with Crippen LogP contribution < -0.4 is 5.32 Å². The number of imidazole rings is 1. The van der Waals surface area contributed by atoms with E-state index in [4.69, 9.17) is 9.47 Å². The van der Waals surface area contributed by atoms with Crippen molar-refractivity contribution >= 4 is 11.8 Å². The van der Waals surface area contributed by atoms with Crippen molar-refractivity contribution in [3.8, 4) is 0 Å². The monoisotopic (exact) mass is 362 g/mol. The topological polar surface area (TPSA) is 85.7 Å². The second-order valence-corrected chi connectivity index (χ2v) is 7.33. The van der Waals surface area contributed by atoms with E-state index in [0.717, 1.165) is 18.7 Å². The van der Waals surface area contributed by atoms with Gasteiger partial charge in [-0.1, -0.05) is 0 Å². The summed E-state index contributed by atoms with van der Waals surface area (Å²) in [6.45, 7) is 3.07. The third-order valence-electron chi connectivity index (χ3n) is 5.85. The molecule has 0 radical (unpaired) electrons. The molecule has 1 N–H and O–H groups in total. The highest BCUT2D eigenvalue weighted by Gasteiger charge is 2.47. The first-order valence-electron chi connectivity index (χ1n) is 9.40. The SMILES string of the molecule is CNC(=O)[C@H]1Cn2ccnc2C2(CCN(C(=O)C3CCOCC3)CC2)O1. The number of hydrogen-bond donors (Lipinski definition) is 1. The summed E-state index contributed by atoms with van der Waals surface area (Å²) >= 11 is 0. The van der Waals surface area contributed by atoms with Crippen LogP contribution in [0.4, 0.5) is 0 Å². The summed E-state index contributed by atoms with van der Waals surface area (Å²) in [5.74, 6) is 1.05. The Hall–Kier alpha value is -1.93. The zero-order valence-corrected chi connectivity index (χ0v) is 15.1. The van der Waals surface area contributed by atoms with E-state index >= 15 is 0 Å². The smallest absolute Gasteiger partial charge is 0.250 e. The first-order chi connectivity index (χ1) is 12.6. The predicted octanol–water partition coefficient (Wildman–Crippen LogP) is 0.272. The van der Waals surface area contributed by atoms with Crippen LogP contribution in [-0.2, 0) is 31.2 Å². The second kappa shape index (κ2) is 7.00. The predicted molar refractivity (Wildman–Crippen MR) is 92.2 cm³/mol. The van der Waals surface area contributed by atoms with Gasteiger partial charge in [0, 0.05) is 64.5 Å². The third-order valence-corrected chi connectivity index (χ3v) is 5.85. The molecule has 1 aromatic heterocycles. The maximum absolute atomic E-state index is 12.8. The lowest BCUT2D eigenvalue weighted by molar-refractivity contribution is -0.176. The van der Waals surface area contributed by atoms with Crippen LogP contribution in [-0.4, -0.2) is 65.7 Å². The molecule has 2 saturated heterocycles. The summed E-state index contributed by atoms with van der Waals surface area (Å²) in [5, 5.41) is 2.68. The Bertz CT molecular complexity index is 674. The van der Waals surface area contributed by atoms with Crippen LogP contribution in [0.15, 0.2) is 12.4 Å². The Balaban J connectivity index is 1.48. The lowest BCUT2D eigenvalue weighted by Crippen LogP contribution is -2.55. The number of amides is 2. The molecule has 2 fully saturated rings. The van der Waals surface area contributed by atoms with Crippen LogP contribution in [0.5, 0.6) is 0 Å². The fourth-order valence-electron chi connectivity index (χ4n) is 4.33. The molecule has 0 aromatic carbocycles. The highest BCUT2D eigenvalue weighted by molar-refractivity contribution is 5.80. The molecule has 0 saturated carbocycles. The van der Waals surface area contributed by atoms with Crippen molar-refractivity contribution in [2.24, 2.45) is 5.92 Å². The molecule has 4 rings (SSSR count). The number of carbonyl (C=O) groups is 2. The minimum absolute atomic E-state index is 0.0747. The van der Waals surface area contributed by atoms with E-state index in [1.807, 2.05) is 15.7 Å². The molecule has 2 amide bonds. The first-order valence-corrected chi connectivity index (χ1v) is 9.40. The van der Waals surface area contributed by atoms with Crippen molar-refractivity contribution in [1.82, 2.24) is 19.8 Å². The number of nitrogens with one attached hydrogen (secondary N) is 1. The van der Waals surface area contributed by atoms with Crippen LogP contribution in [0.2, 0.25) is 0 Å². The molecule has 3 aliphatic rings. The Morgan fingerprint density at radius 3 is 2.69 bits per heavy atom. The number of piperidine rings is 1. The third kappa shape index (κ3) is 3.01. The number of ether oxygens (including phenoxy) is 2. The fraction of sp³-hybridized carbons (Fsp3) is 0.722. The van der Waals surface area contributed by atoms with Crippen molar-refractivity contribution in [3.63, 3.8) is 0 Å². The van der Waals surface area contributed by atoms with E-state index in [9.17, 15) is 9.59 Å². The van der Waals surface area contributed by atoms with E-state index in [2.05, 4.69) is 10.3 Å². The number of rotatable bonds is 2. The normalized spacial score (nSPS) is 25.7. The standard InChI is InChI=1S/C18H26N4O4/c1-19-15(23)14-12-22-9-6-20-17(22)18(26-14)4-7-21(8-5-18)16(24)13-2-10-25-11-3-13/h6,9,13-14H,2-5,7-8,10-12H2,1H3,(H,19,23)/t14-/m1/s1. The van der Waals surface area contributed by atoms with Crippen molar-refractivity contribution in [2.45, 2.75) is 43.9 Å². The van der Waals surface area contributed by atoms with Crippen LogP contribution in [0.25, 0.3) is 0 Å². The first kappa shape index (κ1) is 17.5. The molecule has 8 heteroatoms. The highest BCUT2D eigenvalue weighted by Crippen LogP contribution is 2.40. The van der Waals surface area contributed by atoms with E-state index in [-0.39, 0.29) is 17.7 Å². The van der Waals surface area contributed by atoms with E-state index < -0.39 is 11.7 Å². The quantitative estimate of drug-likeness (QED) is 0.816. The van der Waals surface area contributed by atoms with Crippen molar-refractivity contribution in [2.75, 3.05) is 33.4 Å². The molecule has 1 spiro atoms. The van der Waals surface area contributed by atoms with Gasteiger partial charge in [-0.05, 0) is 12.8 Å². The lowest BCUT2D eigenvalue weighted by atomic mass is 9.87. The summed E-state index contributed by atoms with van der Waals surface area (Å²) in [6, 6.07) is 0. The minimum Gasteiger partial charge on any atom is -0.381 e. The zero-order valence-electron chi connectivity index (χ0n) is 15.1. The molecule has 0 aliphatic carbocycles. The lowest BCUT2D eigenvalue weighted by Gasteiger charge is -2.46. The van der Waals surface area contributed by atoms with Gasteiger partial charge < -0.3 is 24.3 Å². The highest BCUT2D eigenvalue weighted by atomic mass is 16.5. The average Bonchev–Trinajstić information content (AvgIpc) is 3.18. The van der Waals surface area contributed by atoms with Crippen molar-refractivity contribution in [3.05, 3.63) is 18.2 Å². The van der Waals surface area contributed by atoms with Gasteiger partial charge in [-0.3, -0.25) is 9.59 Å². The van der Waals surface area contributed by atoms with Crippen LogP contribution >= 0.6 is 0 Å². The molecule has 26 heavy (non-hydrogen) atoms. The van der Waals surface area contributed by atoms with Gasteiger partial charge in [0.15, 0.2) is 6.10 Å². The number of fused-ring (bicyclic) bond motifs is 2. The van der Waals surface area contributed by atoms with Gasteiger partial charge in [-0.2, -0.15) is 0 Å². The largest absolute Gasteiger partial charge is 0.381 e. The fourth-order valence-corrected chi connectivity index (χ4v) is 4.33. The van der Waals surface area contributed by atoms with Crippen LogP contribution in [0, 0.1) is 5.92 Å². The van der Waals surface area contributed by atoms with Gasteiger partial charge in [0.25, 0.3) is 5.91 Å². The van der Waals surface area contributed by atoms with Gasteiger partial charge in [-0.15, -0.1) is 0 Å². The average molecular weight is 362 g/mol. The summed E-state index contributed by atoms with van der Waals surface area (Å²) in [6.07, 6.45) is 6.06. The molecule has 0 bridgehead atoms. The molecular formula is C18H26N4O4. The molecule has 1 atom stereocenters. The van der Waals surface area contributed by atoms with E-state index in [1.165, 1.54) is 0 Å². The number of likely N-dealkylation sites (N-methyl/N-ethyl adjacent to an activating group) is 1. The zero-order chi connectivity index (χ0) is 18.1. The number of aromatic nitrogens is 2. The molecule has 142 valence electrons. The number of hydrogen-bond acceptors (Lipinski definition) is 5. The molecule has 3 aliphatic heterocycles. The Kier molecular flexibility index (Phi) is 4.71. The Morgan fingerprint density at radius 2 is 2.00 bits per heavy atom. The Morgan fingerprint density at radius 1 is 1.27 bits per heavy atom. The molecule has 4 heterocycles. The van der Waals surface area contributed by atoms with E-state index in [1.54, 1.807) is 13.2 Å². The summed E-state index contributed by atoms with van der Waals surface area (Å²) in [4.78, 5) is 31.4. The molecule has 1 aromatic rings.